The van der Waals surface area contributed by atoms with Crippen LogP contribution in [0.4, 0.5) is 0 Å². The zero-order chi connectivity index (χ0) is 17.8. The van der Waals surface area contributed by atoms with Crippen LogP contribution in [0.2, 0.25) is 5.02 Å². The second-order valence-corrected chi connectivity index (χ2v) is 7.26. The molecule has 1 fully saturated rings. The summed E-state index contributed by atoms with van der Waals surface area (Å²) in [6, 6.07) is 8.17. The van der Waals surface area contributed by atoms with Gasteiger partial charge in [-0.1, -0.05) is 30.7 Å². The Kier molecular flexibility index (Phi) is 5.71. The molecule has 1 aromatic carbocycles. The number of thioether (sulfide) groups is 1. The molecule has 132 valence electrons. The first-order valence-corrected chi connectivity index (χ1v) is 9.54. The van der Waals surface area contributed by atoms with Gasteiger partial charge in [0.1, 0.15) is 11.4 Å². The van der Waals surface area contributed by atoms with Crippen molar-refractivity contribution in [3.8, 4) is 0 Å². The quantitative estimate of drug-likeness (QED) is 0.861. The van der Waals surface area contributed by atoms with Gasteiger partial charge in [-0.05, 0) is 24.6 Å². The SMILES string of the molecule is CCCNC(=O)C1CSC(c2ccoc2)N1C(=O)c1ccccc1Cl. The molecular formula is C18H19ClN2O3S. The first-order valence-electron chi connectivity index (χ1n) is 8.12. The van der Waals surface area contributed by atoms with Gasteiger partial charge in [0, 0.05) is 17.9 Å². The molecule has 25 heavy (non-hydrogen) atoms. The van der Waals surface area contributed by atoms with E-state index < -0.39 is 6.04 Å². The summed E-state index contributed by atoms with van der Waals surface area (Å²) in [6.07, 6.45) is 4.02. The molecule has 5 nitrogen and oxygen atoms in total. The average molecular weight is 379 g/mol. The molecule has 0 radical (unpaired) electrons. The third-order valence-corrected chi connectivity index (χ3v) is 5.67. The van der Waals surface area contributed by atoms with Crippen LogP contribution in [0.1, 0.15) is 34.6 Å². The number of carbonyl (C=O) groups excluding carboxylic acids is 2. The first kappa shape index (κ1) is 17.9. The Morgan fingerprint density at radius 2 is 2.16 bits per heavy atom. The van der Waals surface area contributed by atoms with E-state index in [9.17, 15) is 9.59 Å². The van der Waals surface area contributed by atoms with Gasteiger partial charge in [0.05, 0.1) is 23.1 Å². The molecule has 1 aliphatic heterocycles. The molecule has 2 unspecified atom stereocenters. The second kappa shape index (κ2) is 7.97. The molecule has 2 heterocycles. The van der Waals surface area contributed by atoms with Crippen LogP contribution in [0.3, 0.4) is 0 Å². The molecule has 1 aromatic heterocycles. The first-order chi connectivity index (χ1) is 12.1. The van der Waals surface area contributed by atoms with Gasteiger partial charge in [0.2, 0.25) is 5.91 Å². The third kappa shape index (κ3) is 3.70. The van der Waals surface area contributed by atoms with Gasteiger partial charge < -0.3 is 14.6 Å². The van der Waals surface area contributed by atoms with E-state index in [1.807, 2.05) is 13.0 Å². The van der Waals surface area contributed by atoms with E-state index in [4.69, 9.17) is 16.0 Å². The van der Waals surface area contributed by atoms with E-state index in [1.54, 1.807) is 53.5 Å². The Hall–Kier alpha value is -1.92. The number of amides is 2. The highest BCUT2D eigenvalue weighted by Crippen LogP contribution is 2.42. The van der Waals surface area contributed by atoms with Gasteiger partial charge in [-0.3, -0.25) is 9.59 Å². The Labute approximate surface area is 155 Å². The average Bonchev–Trinajstić information content (AvgIpc) is 3.28. The minimum Gasteiger partial charge on any atom is -0.472 e. The fourth-order valence-corrected chi connectivity index (χ4v) is 4.39. The Morgan fingerprint density at radius 3 is 2.84 bits per heavy atom. The maximum absolute atomic E-state index is 13.2. The number of rotatable bonds is 5. The summed E-state index contributed by atoms with van der Waals surface area (Å²) in [5.74, 6) is 0.140. The minimum absolute atomic E-state index is 0.138. The van der Waals surface area contributed by atoms with Crippen LogP contribution < -0.4 is 5.32 Å². The van der Waals surface area contributed by atoms with E-state index >= 15 is 0 Å². The van der Waals surface area contributed by atoms with E-state index in [2.05, 4.69) is 5.32 Å². The molecule has 0 bridgehead atoms. The predicted octanol–water partition coefficient (Wildman–Crippen LogP) is 3.72. The van der Waals surface area contributed by atoms with Crippen molar-refractivity contribution in [1.82, 2.24) is 10.2 Å². The van der Waals surface area contributed by atoms with Crippen molar-refractivity contribution in [3.63, 3.8) is 0 Å². The summed E-state index contributed by atoms with van der Waals surface area (Å²) < 4.78 is 5.17. The summed E-state index contributed by atoms with van der Waals surface area (Å²) in [4.78, 5) is 27.4. The molecule has 0 spiro atoms. The summed E-state index contributed by atoms with van der Waals surface area (Å²) in [7, 11) is 0. The largest absolute Gasteiger partial charge is 0.472 e. The second-order valence-electron chi connectivity index (χ2n) is 5.74. The number of furan rings is 1. The predicted molar refractivity (Wildman–Crippen MR) is 98.6 cm³/mol. The molecule has 7 heteroatoms. The van der Waals surface area contributed by atoms with Crippen LogP contribution in [0.15, 0.2) is 47.3 Å². The highest BCUT2D eigenvalue weighted by Gasteiger charge is 2.43. The lowest BCUT2D eigenvalue weighted by Gasteiger charge is -2.28. The number of hydrogen-bond donors (Lipinski definition) is 1. The molecule has 0 aliphatic carbocycles. The summed E-state index contributed by atoms with van der Waals surface area (Å²) in [5.41, 5.74) is 1.25. The summed E-state index contributed by atoms with van der Waals surface area (Å²) >= 11 is 7.76. The summed E-state index contributed by atoms with van der Waals surface area (Å²) in [6.45, 7) is 2.58. The zero-order valence-corrected chi connectivity index (χ0v) is 15.3. The van der Waals surface area contributed by atoms with Gasteiger partial charge in [0.15, 0.2) is 0 Å². The Balaban J connectivity index is 1.93. The lowest BCUT2D eigenvalue weighted by molar-refractivity contribution is -0.124. The molecule has 2 atom stereocenters. The van der Waals surface area contributed by atoms with Crippen LogP contribution in [0.5, 0.6) is 0 Å². The normalized spacial score (nSPS) is 19.8. The number of benzene rings is 1. The lowest BCUT2D eigenvalue weighted by Crippen LogP contribution is -2.48. The van der Waals surface area contributed by atoms with Crippen LogP contribution in [-0.2, 0) is 4.79 Å². The fraction of sp³-hybridized carbons (Fsp3) is 0.333. The number of nitrogens with zero attached hydrogens (tertiary/aromatic N) is 1. The van der Waals surface area contributed by atoms with E-state index in [0.717, 1.165) is 12.0 Å². The fourth-order valence-electron chi connectivity index (χ4n) is 2.77. The van der Waals surface area contributed by atoms with E-state index in [-0.39, 0.29) is 17.2 Å². The van der Waals surface area contributed by atoms with Gasteiger partial charge >= 0.3 is 0 Å². The topological polar surface area (TPSA) is 62.6 Å². The molecule has 2 amide bonds. The molecular weight excluding hydrogens is 360 g/mol. The maximum atomic E-state index is 13.2. The van der Waals surface area contributed by atoms with Gasteiger partial charge in [0.25, 0.3) is 5.91 Å². The highest BCUT2D eigenvalue weighted by molar-refractivity contribution is 7.99. The molecule has 2 aromatic rings. The van der Waals surface area contributed by atoms with Gasteiger partial charge in [-0.15, -0.1) is 11.8 Å². The Bertz CT molecular complexity index is 751. The molecule has 1 saturated heterocycles. The third-order valence-electron chi connectivity index (χ3n) is 4.02. The van der Waals surface area contributed by atoms with Crippen molar-refractivity contribution >= 4 is 35.2 Å². The van der Waals surface area contributed by atoms with Crippen molar-refractivity contribution in [3.05, 3.63) is 59.0 Å². The van der Waals surface area contributed by atoms with Gasteiger partial charge in [-0.25, -0.2) is 0 Å². The van der Waals surface area contributed by atoms with Crippen LogP contribution in [0, 0.1) is 0 Å². The minimum atomic E-state index is -0.541. The number of halogens is 1. The standard InChI is InChI=1S/C18H19ClN2O3S/c1-2-8-20-16(22)15-11-25-18(12-7-9-24-10-12)21(15)17(23)13-5-3-4-6-14(13)19/h3-7,9-10,15,18H,2,8,11H2,1H3,(H,20,22). The lowest BCUT2D eigenvalue weighted by atomic mass is 10.1. The zero-order valence-electron chi connectivity index (χ0n) is 13.8. The highest BCUT2D eigenvalue weighted by atomic mass is 35.5. The van der Waals surface area contributed by atoms with Crippen molar-refractivity contribution < 1.29 is 14.0 Å². The van der Waals surface area contributed by atoms with Crippen LogP contribution in [0.25, 0.3) is 0 Å². The number of nitrogens with one attached hydrogen (secondary N) is 1. The molecule has 3 rings (SSSR count). The molecule has 1 aliphatic rings. The monoisotopic (exact) mass is 378 g/mol. The van der Waals surface area contributed by atoms with E-state index in [1.165, 1.54) is 0 Å². The Morgan fingerprint density at radius 1 is 1.36 bits per heavy atom. The van der Waals surface area contributed by atoms with Crippen LogP contribution in [-0.4, -0.2) is 35.1 Å². The molecule has 1 N–H and O–H groups in total. The van der Waals surface area contributed by atoms with Crippen LogP contribution >= 0.6 is 23.4 Å². The maximum Gasteiger partial charge on any atom is 0.257 e. The van der Waals surface area contributed by atoms with E-state index in [0.29, 0.717) is 22.9 Å². The van der Waals surface area contributed by atoms with Crippen molar-refractivity contribution in [2.24, 2.45) is 0 Å². The molecule has 0 saturated carbocycles. The van der Waals surface area contributed by atoms with Crippen molar-refractivity contribution in [1.29, 1.82) is 0 Å². The number of carbonyl (C=O) groups is 2. The van der Waals surface area contributed by atoms with Crippen molar-refractivity contribution in [2.75, 3.05) is 12.3 Å². The van der Waals surface area contributed by atoms with Gasteiger partial charge in [-0.2, -0.15) is 0 Å². The summed E-state index contributed by atoms with van der Waals surface area (Å²) in [5, 5.41) is 2.99. The van der Waals surface area contributed by atoms with Crippen molar-refractivity contribution in [2.45, 2.75) is 24.8 Å². The smallest absolute Gasteiger partial charge is 0.257 e. The number of hydrogen-bond acceptors (Lipinski definition) is 4.